The van der Waals surface area contributed by atoms with E-state index in [2.05, 4.69) is 10.6 Å². The maximum absolute atomic E-state index is 11.7. The lowest BCUT2D eigenvalue weighted by Gasteiger charge is -2.23. The molecule has 1 aromatic rings. The van der Waals surface area contributed by atoms with Crippen molar-refractivity contribution in [2.24, 2.45) is 0 Å². The zero-order valence-electron chi connectivity index (χ0n) is 12.3. The van der Waals surface area contributed by atoms with Gasteiger partial charge in [0.1, 0.15) is 9.84 Å². The minimum atomic E-state index is -2.91. The Hall–Kier alpha value is -1.83. The fraction of sp³-hybridized carbons (Fsp3) is 0.571. The molecule has 1 aliphatic heterocycles. The number of nitrogens with one attached hydrogen (secondary N) is 2. The van der Waals surface area contributed by atoms with Gasteiger partial charge in [-0.2, -0.15) is 0 Å². The van der Waals surface area contributed by atoms with Crippen LogP contribution in [0.25, 0.3) is 0 Å². The first-order valence-corrected chi connectivity index (χ1v) is 9.19. The lowest BCUT2D eigenvalue weighted by molar-refractivity contribution is 0.235. The summed E-state index contributed by atoms with van der Waals surface area (Å²) in [7, 11) is -2.91. The largest absolute Gasteiger partial charge is 0.338 e. The average Bonchev–Trinajstić information content (AvgIpc) is 2.47. The second-order valence-corrected chi connectivity index (χ2v) is 7.72. The molecule has 0 spiro atoms. The molecule has 0 radical (unpaired) electrons. The van der Waals surface area contributed by atoms with E-state index in [1.165, 1.54) is 6.07 Å². The van der Waals surface area contributed by atoms with Gasteiger partial charge in [-0.3, -0.25) is 4.79 Å². The third kappa shape index (κ3) is 5.18. The molecule has 8 heteroatoms. The van der Waals surface area contributed by atoms with Gasteiger partial charge in [-0.1, -0.05) is 6.07 Å². The Morgan fingerprint density at radius 1 is 1.27 bits per heavy atom. The molecule has 22 heavy (non-hydrogen) atoms. The first-order chi connectivity index (χ1) is 10.5. The normalized spacial score (nSPS) is 17.8. The highest BCUT2D eigenvalue weighted by Crippen LogP contribution is 2.11. The summed E-state index contributed by atoms with van der Waals surface area (Å²) in [4.78, 5) is 23.2. The van der Waals surface area contributed by atoms with Gasteiger partial charge in [0.15, 0.2) is 0 Å². The van der Waals surface area contributed by atoms with E-state index in [1.807, 2.05) is 0 Å². The predicted octanol–water partition coefficient (Wildman–Crippen LogP) is 0.115. The second-order valence-electron chi connectivity index (χ2n) is 5.41. The molecule has 0 aromatic carbocycles. The molecule has 0 atom stereocenters. The molecule has 2 N–H and O–H groups in total. The summed E-state index contributed by atoms with van der Waals surface area (Å²) in [6, 6.07) is 4.61. The van der Waals surface area contributed by atoms with Crippen LogP contribution in [0.4, 0.5) is 4.79 Å². The number of carbonyl (C=O) groups is 1. The van der Waals surface area contributed by atoms with Crippen LogP contribution in [0.15, 0.2) is 29.2 Å². The molecule has 2 amide bonds. The number of nitrogens with zero attached hydrogens (tertiary/aromatic N) is 1. The number of amides is 2. The van der Waals surface area contributed by atoms with Crippen molar-refractivity contribution in [1.82, 2.24) is 15.2 Å². The summed E-state index contributed by atoms with van der Waals surface area (Å²) in [6.07, 6.45) is 3.30. The summed E-state index contributed by atoms with van der Waals surface area (Å²) >= 11 is 0. The standard InChI is InChI=1S/C14H21N3O4S/c18-13-4-1-2-8-17(13)9-3-7-15-14(19)16-12-5-10-22(20,21)11-6-12/h1-2,4,8,12H,3,5-7,9-11H2,(H2,15,16,19). The van der Waals surface area contributed by atoms with Crippen molar-refractivity contribution in [3.63, 3.8) is 0 Å². The minimum absolute atomic E-state index is 0.0598. The molecular weight excluding hydrogens is 306 g/mol. The fourth-order valence-corrected chi connectivity index (χ4v) is 3.86. The topological polar surface area (TPSA) is 97.3 Å². The molecule has 0 unspecified atom stereocenters. The Bertz CT molecular complexity index is 655. The SMILES string of the molecule is O=C(NCCCn1ccccc1=O)NC1CCS(=O)(=O)CC1. The maximum atomic E-state index is 11.7. The first-order valence-electron chi connectivity index (χ1n) is 7.36. The molecule has 1 aliphatic rings. The number of carbonyl (C=O) groups excluding carboxylic acids is 1. The van der Waals surface area contributed by atoms with Gasteiger partial charge >= 0.3 is 6.03 Å². The third-order valence-electron chi connectivity index (χ3n) is 3.65. The molecule has 2 rings (SSSR count). The highest BCUT2D eigenvalue weighted by molar-refractivity contribution is 7.91. The van der Waals surface area contributed by atoms with E-state index < -0.39 is 9.84 Å². The Morgan fingerprint density at radius 3 is 2.68 bits per heavy atom. The number of urea groups is 1. The molecule has 0 aliphatic carbocycles. The van der Waals surface area contributed by atoms with Crippen molar-refractivity contribution in [2.75, 3.05) is 18.1 Å². The quantitative estimate of drug-likeness (QED) is 0.750. The van der Waals surface area contributed by atoms with Crippen molar-refractivity contribution >= 4 is 15.9 Å². The van der Waals surface area contributed by atoms with Crippen LogP contribution in [0.2, 0.25) is 0 Å². The summed E-state index contributed by atoms with van der Waals surface area (Å²) in [5.41, 5.74) is -0.0598. The van der Waals surface area contributed by atoms with Gasteiger partial charge < -0.3 is 15.2 Å². The maximum Gasteiger partial charge on any atom is 0.315 e. The van der Waals surface area contributed by atoms with E-state index in [9.17, 15) is 18.0 Å². The Morgan fingerprint density at radius 2 is 2.00 bits per heavy atom. The second kappa shape index (κ2) is 7.44. The number of hydrogen-bond donors (Lipinski definition) is 2. The van der Waals surface area contributed by atoms with E-state index in [-0.39, 0.29) is 29.1 Å². The van der Waals surface area contributed by atoms with Gasteiger partial charge in [-0.05, 0) is 25.3 Å². The van der Waals surface area contributed by atoms with Crippen LogP contribution in [0.1, 0.15) is 19.3 Å². The monoisotopic (exact) mass is 327 g/mol. The van der Waals surface area contributed by atoms with Crippen molar-refractivity contribution in [2.45, 2.75) is 31.8 Å². The average molecular weight is 327 g/mol. The molecular formula is C14H21N3O4S. The molecule has 122 valence electrons. The lowest BCUT2D eigenvalue weighted by atomic mass is 10.2. The first kappa shape index (κ1) is 16.5. The van der Waals surface area contributed by atoms with Gasteiger partial charge in [-0.25, -0.2) is 13.2 Å². The van der Waals surface area contributed by atoms with Crippen molar-refractivity contribution < 1.29 is 13.2 Å². The van der Waals surface area contributed by atoms with E-state index >= 15 is 0 Å². The van der Waals surface area contributed by atoms with Crippen LogP contribution in [-0.4, -0.2) is 43.1 Å². The van der Waals surface area contributed by atoms with E-state index in [0.717, 1.165) is 0 Å². The van der Waals surface area contributed by atoms with Crippen LogP contribution in [0.5, 0.6) is 0 Å². The minimum Gasteiger partial charge on any atom is -0.338 e. The van der Waals surface area contributed by atoms with Crippen LogP contribution in [0.3, 0.4) is 0 Å². The Kier molecular flexibility index (Phi) is 5.59. The van der Waals surface area contributed by atoms with E-state index in [4.69, 9.17) is 0 Å². The van der Waals surface area contributed by atoms with Crippen LogP contribution in [0, 0.1) is 0 Å². The fourth-order valence-electron chi connectivity index (χ4n) is 2.37. The summed E-state index contributed by atoms with van der Waals surface area (Å²) in [6.45, 7) is 1.000. The van der Waals surface area contributed by atoms with Gasteiger partial charge in [-0.15, -0.1) is 0 Å². The zero-order chi connectivity index (χ0) is 16.0. The third-order valence-corrected chi connectivity index (χ3v) is 5.37. The lowest BCUT2D eigenvalue weighted by Crippen LogP contribution is -2.45. The molecule has 0 saturated carbocycles. The molecule has 1 fully saturated rings. The number of sulfone groups is 1. The Balaban J connectivity index is 1.64. The molecule has 7 nitrogen and oxygen atoms in total. The van der Waals surface area contributed by atoms with Crippen LogP contribution < -0.4 is 16.2 Å². The van der Waals surface area contributed by atoms with Crippen LogP contribution >= 0.6 is 0 Å². The Labute approximate surface area is 129 Å². The number of rotatable bonds is 5. The van der Waals surface area contributed by atoms with Crippen molar-refractivity contribution in [3.8, 4) is 0 Å². The van der Waals surface area contributed by atoms with Gasteiger partial charge in [0.25, 0.3) is 0 Å². The number of aryl methyl sites for hydroxylation is 1. The summed E-state index contributed by atoms with van der Waals surface area (Å²) in [5, 5.41) is 5.51. The summed E-state index contributed by atoms with van der Waals surface area (Å²) in [5.74, 6) is 0.268. The predicted molar refractivity (Wildman–Crippen MR) is 83.5 cm³/mol. The highest BCUT2D eigenvalue weighted by Gasteiger charge is 2.24. The molecule has 1 saturated heterocycles. The van der Waals surface area contributed by atoms with Gasteiger partial charge in [0, 0.05) is 31.4 Å². The van der Waals surface area contributed by atoms with Crippen molar-refractivity contribution in [3.05, 3.63) is 34.7 Å². The summed E-state index contributed by atoms with van der Waals surface area (Å²) < 4.78 is 24.2. The van der Waals surface area contributed by atoms with E-state index in [1.54, 1.807) is 22.9 Å². The van der Waals surface area contributed by atoms with Gasteiger partial charge in [0.2, 0.25) is 5.56 Å². The zero-order valence-corrected chi connectivity index (χ0v) is 13.1. The molecule has 0 bridgehead atoms. The molecule has 2 heterocycles. The number of pyridine rings is 1. The smallest absolute Gasteiger partial charge is 0.315 e. The van der Waals surface area contributed by atoms with Crippen molar-refractivity contribution in [1.29, 1.82) is 0 Å². The number of hydrogen-bond acceptors (Lipinski definition) is 4. The molecule has 1 aromatic heterocycles. The number of aromatic nitrogens is 1. The van der Waals surface area contributed by atoms with Crippen LogP contribution in [-0.2, 0) is 16.4 Å². The highest BCUT2D eigenvalue weighted by atomic mass is 32.2. The van der Waals surface area contributed by atoms with Gasteiger partial charge in [0.05, 0.1) is 11.5 Å². The van der Waals surface area contributed by atoms with E-state index in [0.29, 0.717) is 32.4 Å².